The van der Waals surface area contributed by atoms with Crippen molar-refractivity contribution in [2.75, 3.05) is 11.1 Å². The summed E-state index contributed by atoms with van der Waals surface area (Å²) in [4.78, 5) is 14.7. The van der Waals surface area contributed by atoms with Crippen molar-refractivity contribution in [3.05, 3.63) is 0 Å². The Hall–Kier alpha value is -1.37. The summed E-state index contributed by atoms with van der Waals surface area (Å²) in [6.07, 6.45) is -0.712. The van der Waals surface area contributed by atoms with Crippen molar-refractivity contribution in [1.29, 1.82) is 0 Å². The van der Waals surface area contributed by atoms with Crippen molar-refractivity contribution in [3.8, 4) is 0 Å². The lowest BCUT2D eigenvalue weighted by atomic mass is 10.5. The van der Waals surface area contributed by atoms with Crippen molar-refractivity contribution in [2.24, 2.45) is 0 Å². The Kier molecular flexibility index (Phi) is 3.02. The number of carbonyl (C=O) groups excluding carboxylic acids is 1. The van der Waals surface area contributed by atoms with E-state index in [9.17, 15) is 4.79 Å². The van der Waals surface area contributed by atoms with Crippen LogP contribution in [0.4, 0.5) is 15.9 Å². The number of aromatic nitrogens is 2. The maximum absolute atomic E-state index is 11.0. The fourth-order valence-electron chi connectivity index (χ4n) is 0.616. The van der Waals surface area contributed by atoms with E-state index in [4.69, 9.17) is 10.5 Å². The van der Waals surface area contributed by atoms with Gasteiger partial charge in [0.2, 0.25) is 11.1 Å². The summed E-state index contributed by atoms with van der Waals surface area (Å²) in [6.45, 7) is 3.52. The molecule has 13 heavy (non-hydrogen) atoms. The zero-order chi connectivity index (χ0) is 9.84. The molecule has 0 aromatic carbocycles. The first-order valence-electron chi connectivity index (χ1n) is 3.64. The Morgan fingerprint density at radius 2 is 2.38 bits per heavy atom. The van der Waals surface area contributed by atoms with Crippen LogP contribution in [0.3, 0.4) is 0 Å². The molecule has 0 atom stereocenters. The lowest BCUT2D eigenvalue weighted by Gasteiger charge is -2.06. The van der Waals surface area contributed by atoms with Gasteiger partial charge < -0.3 is 10.5 Å². The van der Waals surface area contributed by atoms with E-state index in [2.05, 4.69) is 14.7 Å². The Labute approximate surface area is 79.3 Å². The molecule has 1 amide bonds. The van der Waals surface area contributed by atoms with Gasteiger partial charge in [-0.25, -0.2) is 4.79 Å². The van der Waals surface area contributed by atoms with Gasteiger partial charge >= 0.3 is 6.09 Å². The van der Waals surface area contributed by atoms with Crippen molar-refractivity contribution < 1.29 is 9.53 Å². The van der Waals surface area contributed by atoms with Gasteiger partial charge in [-0.05, 0) is 13.8 Å². The van der Waals surface area contributed by atoms with Gasteiger partial charge in [-0.3, -0.25) is 5.32 Å². The van der Waals surface area contributed by atoms with Gasteiger partial charge in [-0.2, -0.15) is 9.36 Å². The van der Waals surface area contributed by atoms with Crippen LogP contribution in [0.5, 0.6) is 0 Å². The van der Waals surface area contributed by atoms with Gasteiger partial charge in [-0.1, -0.05) is 0 Å². The van der Waals surface area contributed by atoms with E-state index in [-0.39, 0.29) is 12.1 Å². The molecule has 7 heteroatoms. The SMILES string of the molecule is CC(C)OC(=O)Nc1nc(N)ns1. The first kappa shape index (κ1) is 9.72. The lowest BCUT2D eigenvalue weighted by molar-refractivity contribution is 0.130. The summed E-state index contributed by atoms with van der Waals surface area (Å²) in [5, 5.41) is 2.73. The molecule has 0 aliphatic carbocycles. The van der Waals surface area contributed by atoms with Gasteiger partial charge in [-0.15, -0.1) is 0 Å². The van der Waals surface area contributed by atoms with Crippen molar-refractivity contribution in [1.82, 2.24) is 9.36 Å². The third kappa shape index (κ3) is 3.24. The van der Waals surface area contributed by atoms with Crippen LogP contribution in [0.2, 0.25) is 0 Å². The molecule has 0 saturated heterocycles. The van der Waals surface area contributed by atoms with Crippen molar-refractivity contribution in [2.45, 2.75) is 20.0 Å². The van der Waals surface area contributed by atoms with Crippen LogP contribution in [-0.4, -0.2) is 21.6 Å². The number of nitrogens with zero attached hydrogens (tertiary/aromatic N) is 2. The summed E-state index contributed by atoms with van der Waals surface area (Å²) >= 11 is 1.01. The molecular formula is C6H10N4O2S. The van der Waals surface area contributed by atoms with E-state index in [1.807, 2.05) is 0 Å². The van der Waals surface area contributed by atoms with Gasteiger partial charge in [0, 0.05) is 11.5 Å². The topological polar surface area (TPSA) is 90.1 Å². The number of ether oxygens (including phenoxy) is 1. The minimum atomic E-state index is -0.550. The second kappa shape index (κ2) is 4.04. The number of hydrogen-bond donors (Lipinski definition) is 2. The van der Waals surface area contributed by atoms with E-state index in [1.54, 1.807) is 13.8 Å². The first-order valence-corrected chi connectivity index (χ1v) is 4.42. The largest absolute Gasteiger partial charge is 0.447 e. The highest BCUT2D eigenvalue weighted by molar-refractivity contribution is 7.10. The fourth-order valence-corrected chi connectivity index (χ4v) is 1.10. The molecule has 1 heterocycles. The molecule has 0 aliphatic heterocycles. The Balaban J connectivity index is 2.45. The molecule has 6 nitrogen and oxygen atoms in total. The molecule has 1 aromatic heterocycles. The van der Waals surface area contributed by atoms with Gasteiger partial charge in [0.05, 0.1) is 6.10 Å². The van der Waals surface area contributed by atoms with Crippen LogP contribution in [0.25, 0.3) is 0 Å². The highest BCUT2D eigenvalue weighted by Crippen LogP contribution is 2.11. The number of nitrogens with two attached hydrogens (primary N) is 1. The second-order valence-electron chi connectivity index (χ2n) is 2.54. The Morgan fingerprint density at radius 1 is 1.69 bits per heavy atom. The summed E-state index contributed by atoms with van der Waals surface area (Å²) in [5.74, 6) is 0.143. The number of nitrogens with one attached hydrogen (secondary N) is 1. The van der Waals surface area contributed by atoms with E-state index in [0.717, 1.165) is 11.5 Å². The van der Waals surface area contributed by atoms with Gasteiger partial charge in [0.1, 0.15) is 0 Å². The average Bonchev–Trinajstić information content (AvgIpc) is 2.33. The summed E-state index contributed by atoms with van der Waals surface area (Å²) in [5.41, 5.74) is 5.25. The molecule has 0 saturated carbocycles. The molecule has 0 aliphatic rings. The van der Waals surface area contributed by atoms with E-state index in [0.29, 0.717) is 5.13 Å². The molecule has 72 valence electrons. The standard InChI is InChI=1S/C6H10N4O2S/c1-3(2)12-6(11)9-5-8-4(7)10-13-5/h3H,1-2H3,(H3,7,8,9,10,11). The Bertz CT molecular complexity index is 299. The van der Waals surface area contributed by atoms with Crippen LogP contribution in [-0.2, 0) is 4.74 Å². The third-order valence-corrected chi connectivity index (χ3v) is 1.64. The normalized spacial score (nSPS) is 10.1. The fraction of sp³-hybridized carbons (Fsp3) is 0.500. The van der Waals surface area contributed by atoms with Gasteiger partial charge in [0.25, 0.3) is 0 Å². The van der Waals surface area contributed by atoms with Crippen LogP contribution in [0.15, 0.2) is 0 Å². The monoisotopic (exact) mass is 202 g/mol. The number of rotatable bonds is 2. The minimum absolute atomic E-state index is 0.143. The first-order chi connectivity index (χ1) is 6.08. The minimum Gasteiger partial charge on any atom is -0.447 e. The molecule has 0 unspecified atom stereocenters. The van der Waals surface area contributed by atoms with Crippen LogP contribution >= 0.6 is 11.5 Å². The predicted octanol–water partition coefficient (Wildman–Crippen LogP) is 1.08. The molecule has 0 radical (unpaired) electrons. The molecule has 0 spiro atoms. The summed E-state index contributed by atoms with van der Waals surface area (Å²) in [7, 11) is 0. The number of anilines is 2. The zero-order valence-electron chi connectivity index (χ0n) is 7.27. The average molecular weight is 202 g/mol. The summed E-state index contributed by atoms with van der Waals surface area (Å²) < 4.78 is 8.50. The predicted molar refractivity (Wildman–Crippen MR) is 49.6 cm³/mol. The highest BCUT2D eigenvalue weighted by atomic mass is 32.1. The molecule has 1 rings (SSSR count). The number of nitrogen functional groups attached to an aromatic ring is 1. The molecular weight excluding hydrogens is 192 g/mol. The maximum Gasteiger partial charge on any atom is 0.413 e. The molecule has 3 N–H and O–H groups in total. The van der Waals surface area contributed by atoms with Gasteiger partial charge in [0.15, 0.2) is 0 Å². The highest BCUT2D eigenvalue weighted by Gasteiger charge is 2.08. The molecule has 0 fully saturated rings. The number of hydrogen-bond acceptors (Lipinski definition) is 6. The molecule has 1 aromatic rings. The lowest BCUT2D eigenvalue weighted by Crippen LogP contribution is -2.17. The number of amides is 1. The van der Waals surface area contributed by atoms with E-state index >= 15 is 0 Å². The number of carbonyl (C=O) groups is 1. The van der Waals surface area contributed by atoms with Crippen molar-refractivity contribution >= 4 is 28.7 Å². The van der Waals surface area contributed by atoms with Crippen LogP contribution in [0.1, 0.15) is 13.8 Å². The quantitative estimate of drug-likeness (QED) is 0.748. The van der Waals surface area contributed by atoms with E-state index < -0.39 is 6.09 Å². The zero-order valence-corrected chi connectivity index (χ0v) is 8.09. The second-order valence-corrected chi connectivity index (χ2v) is 3.29. The van der Waals surface area contributed by atoms with E-state index in [1.165, 1.54) is 0 Å². The third-order valence-electron chi connectivity index (χ3n) is 0.993. The maximum atomic E-state index is 11.0. The Morgan fingerprint density at radius 3 is 2.85 bits per heavy atom. The van der Waals surface area contributed by atoms with Crippen LogP contribution in [0, 0.1) is 0 Å². The summed E-state index contributed by atoms with van der Waals surface area (Å²) in [6, 6.07) is 0. The van der Waals surface area contributed by atoms with Crippen LogP contribution < -0.4 is 11.1 Å². The van der Waals surface area contributed by atoms with Crippen molar-refractivity contribution in [3.63, 3.8) is 0 Å². The molecule has 0 bridgehead atoms. The smallest absolute Gasteiger partial charge is 0.413 e.